The highest BCUT2D eigenvalue weighted by molar-refractivity contribution is 5.85. The van der Waals surface area contributed by atoms with Crippen LogP contribution in [0.5, 0.6) is 5.75 Å². The number of aliphatic carboxylic acids is 1. The Morgan fingerprint density at radius 1 is 1.00 bits per heavy atom. The van der Waals surface area contributed by atoms with Crippen molar-refractivity contribution in [1.29, 1.82) is 0 Å². The van der Waals surface area contributed by atoms with Crippen LogP contribution in [-0.4, -0.2) is 53.6 Å². The van der Waals surface area contributed by atoms with Crippen LogP contribution in [0.2, 0.25) is 0 Å². The Labute approximate surface area is 207 Å². The van der Waals surface area contributed by atoms with Crippen LogP contribution in [0, 0.1) is 5.92 Å². The van der Waals surface area contributed by atoms with Gasteiger partial charge in [0.25, 0.3) is 0 Å². The van der Waals surface area contributed by atoms with E-state index in [0.29, 0.717) is 26.1 Å². The third kappa shape index (κ3) is 8.63. The maximum absolute atomic E-state index is 12.9. The Bertz CT molecular complexity index is 974. The molecule has 3 rings (SSSR count). The molecule has 8 heteroatoms. The number of ether oxygens (including phenoxy) is 1. The van der Waals surface area contributed by atoms with E-state index in [1.54, 1.807) is 0 Å². The van der Waals surface area contributed by atoms with E-state index >= 15 is 0 Å². The number of aryl methyl sites for hydroxylation is 2. The molecule has 2 aromatic rings. The molecule has 1 saturated heterocycles. The van der Waals surface area contributed by atoms with Gasteiger partial charge >= 0.3 is 5.97 Å². The fourth-order valence-corrected chi connectivity index (χ4v) is 4.50. The van der Waals surface area contributed by atoms with Gasteiger partial charge in [0, 0.05) is 13.1 Å². The highest BCUT2D eigenvalue weighted by atomic mass is 16.5. The summed E-state index contributed by atoms with van der Waals surface area (Å²) in [5.74, 6) is -0.639. The number of hydrogen-bond acceptors (Lipinski definition) is 4. The van der Waals surface area contributed by atoms with E-state index in [4.69, 9.17) is 16.2 Å². The number of nitrogens with two attached hydrogens (primary N) is 2. The van der Waals surface area contributed by atoms with Crippen LogP contribution in [0.15, 0.2) is 59.6 Å². The molecule has 0 unspecified atom stereocenters. The van der Waals surface area contributed by atoms with Crippen LogP contribution in [0.3, 0.4) is 0 Å². The van der Waals surface area contributed by atoms with Gasteiger partial charge in [-0.1, -0.05) is 42.5 Å². The van der Waals surface area contributed by atoms with Crippen LogP contribution in [0.25, 0.3) is 0 Å². The molecule has 1 aliphatic heterocycles. The van der Waals surface area contributed by atoms with Crippen molar-refractivity contribution >= 4 is 17.8 Å². The SMILES string of the molecule is NC(N)=NCCCCc1ccc(OC[C@@H]2C[C@@H](CC(=O)O)C(=O)N2CCCc2ccccc2)cc1. The maximum Gasteiger partial charge on any atom is 0.304 e. The second-order valence-corrected chi connectivity index (χ2v) is 9.02. The number of carbonyl (C=O) groups excluding carboxylic acids is 1. The van der Waals surface area contributed by atoms with E-state index in [1.807, 2.05) is 47.4 Å². The predicted molar refractivity (Wildman–Crippen MR) is 136 cm³/mol. The minimum absolute atomic E-state index is 0.0786. The molecule has 5 N–H and O–H groups in total. The summed E-state index contributed by atoms with van der Waals surface area (Å²) in [4.78, 5) is 30.0. The first kappa shape index (κ1) is 26.1. The average molecular weight is 481 g/mol. The molecule has 1 aliphatic rings. The Hall–Kier alpha value is -3.55. The first-order valence-electron chi connectivity index (χ1n) is 12.3. The van der Waals surface area contributed by atoms with Crippen LogP contribution in [0.1, 0.15) is 43.2 Å². The third-order valence-electron chi connectivity index (χ3n) is 6.29. The minimum Gasteiger partial charge on any atom is -0.491 e. The lowest BCUT2D eigenvalue weighted by atomic mass is 10.0. The van der Waals surface area contributed by atoms with E-state index in [0.717, 1.165) is 37.9 Å². The lowest BCUT2D eigenvalue weighted by molar-refractivity contribution is -0.142. The van der Waals surface area contributed by atoms with Crippen molar-refractivity contribution < 1.29 is 19.4 Å². The molecule has 2 atom stereocenters. The molecule has 8 nitrogen and oxygen atoms in total. The second kappa shape index (κ2) is 13.4. The van der Waals surface area contributed by atoms with Gasteiger partial charge in [-0.05, 0) is 61.8 Å². The van der Waals surface area contributed by atoms with Crippen molar-refractivity contribution in [2.24, 2.45) is 22.4 Å². The Morgan fingerprint density at radius 2 is 1.69 bits per heavy atom. The zero-order chi connectivity index (χ0) is 25.0. The molecule has 1 heterocycles. The topological polar surface area (TPSA) is 131 Å². The van der Waals surface area contributed by atoms with Crippen molar-refractivity contribution in [3.05, 3.63) is 65.7 Å². The number of carbonyl (C=O) groups is 2. The fraction of sp³-hybridized carbons (Fsp3) is 0.444. The number of unbranched alkanes of at least 4 members (excludes halogenated alkanes) is 1. The lowest BCUT2D eigenvalue weighted by Crippen LogP contribution is -2.38. The molecular formula is C27H36N4O4. The average Bonchev–Trinajstić information content (AvgIpc) is 3.12. The van der Waals surface area contributed by atoms with Crippen molar-refractivity contribution in [1.82, 2.24) is 4.90 Å². The Balaban J connectivity index is 1.51. The summed E-state index contributed by atoms with van der Waals surface area (Å²) in [6.45, 7) is 1.58. The van der Waals surface area contributed by atoms with E-state index < -0.39 is 11.9 Å². The zero-order valence-electron chi connectivity index (χ0n) is 20.1. The lowest BCUT2D eigenvalue weighted by Gasteiger charge is -2.25. The van der Waals surface area contributed by atoms with Gasteiger partial charge in [-0.25, -0.2) is 0 Å². The first-order valence-corrected chi connectivity index (χ1v) is 12.3. The van der Waals surface area contributed by atoms with Crippen molar-refractivity contribution in [2.45, 2.75) is 51.0 Å². The van der Waals surface area contributed by atoms with Gasteiger partial charge in [0.15, 0.2) is 5.96 Å². The molecule has 1 fully saturated rings. The van der Waals surface area contributed by atoms with Gasteiger partial charge in [-0.2, -0.15) is 0 Å². The number of carboxylic acids is 1. The van der Waals surface area contributed by atoms with Gasteiger partial charge < -0.3 is 26.2 Å². The van der Waals surface area contributed by atoms with Gasteiger partial charge in [0.1, 0.15) is 12.4 Å². The normalized spacial score (nSPS) is 17.4. The summed E-state index contributed by atoms with van der Waals surface area (Å²) >= 11 is 0. The standard InChI is InChI=1S/C27H36N4O4/c28-27(29)30-15-5-4-9-21-11-13-24(14-12-21)35-19-23-17-22(18-25(32)33)26(34)31(23)16-6-10-20-7-2-1-3-8-20/h1-3,7-8,11-14,22-23H,4-6,9-10,15-19H2,(H,32,33)(H4,28,29,30)/t22-,23-/m0/s1. The predicted octanol–water partition coefficient (Wildman–Crippen LogP) is 2.99. The third-order valence-corrected chi connectivity index (χ3v) is 6.29. The maximum atomic E-state index is 12.9. The number of rotatable bonds is 14. The van der Waals surface area contributed by atoms with Crippen molar-refractivity contribution in [3.63, 3.8) is 0 Å². The molecule has 0 spiro atoms. The highest BCUT2D eigenvalue weighted by Gasteiger charge is 2.40. The number of benzene rings is 2. The molecule has 1 amide bonds. The summed E-state index contributed by atoms with van der Waals surface area (Å²) in [6.07, 6.45) is 4.91. The molecular weight excluding hydrogens is 444 g/mol. The summed E-state index contributed by atoms with van der Waals surface area (Å²) in [5.41, 5.74) is 13.1. The Kier molecular flexibility index (Phi) is 9.95. The molecule has 0 aromatic heterocycles. The number of guanidine groups is 1. The number of nitrogens with zero attached hydrogens (tertiary/aromatic N) is 2. The summed E-state index contributed by atoms with van der Waals surface area (Å²) in [6, 6.07) is 18.0. The number of carboxylic acid groups (broad SMARTS) is 1. The molecule has 188 valence electrons. The van der Waals surface area contributed by atoms with E-state index in [9.17, 15) is 14.7 Å². The molecule has 0 bridgehead atoms. The van der Waals surface area contributed by atoms with Crippen LogP contribution in [-0.2, 0) is 22.4 Å². The first-order chi connectivity index (χ1) is 16.9. The second-order valence-electron chi connectivity index (χ2n) is 9.02. The van der Waals surface area contributed by atoms with Crippen molar-refractivity contribution in [3.8, 4) is 5.75 Å². The summed E-state index contributed by atoms with van der Waals surface area (Å²) < 4.78 is 6.02. The summed E-state index contributed by atoms with van der Waals surface area (Å²) in [5, 5.41) is 9.22. The van der Waals surface area contributed by atoms with Crippen LogP contribution >= 0.6 is 0 Å². The largest absolute Gasteiger partial charge is 0.491 e. The van der Waals surface area contributed by atoms with E-state index in [1.165, 1.54) is 11.1 Å². The van der Waals surface area contributed by atoms with Gasteiger partial charge in [0.2, 0.25) is 5.91 Å². The molecule has 0 saturated carbocycles. The fourth-order valence-electron chi connectivity index (χ4n) is 4.50. The molecule has 0 radical (unpaired) electrons. The van der Waals surface area contributed by atoms with Gasteiger partial charge in [0.05, 0.1) is 18.4 Å². The van der Waals surface area contributed by atoms with Crippen molar-refractivity contribution in [2.75, 3.05) is 19.7 Å². The smallest absolute Gasteiger partial charge is 0.304 e. The number of hydrogen-bond donors (Lipinski definition) is 3. The number of likely N-dealkylation sites (tertiary alicyclic amines) is 1. The quantitative estimate of drug-likeness (QED) is 0.216. The van der Waals surface area contributed by atoms with Gasteiger partial charge in [-0.15, -0.1) is 0 Å². The molecule has 0 aliphatic carbocycles. The highest BCUT2D eigenvalue weighted by Crippen LogP contribution is 2.28. The minimum atomic E-state index is -0.942. The zero-order valence-corrected chi connectivity index (χ0v) is 20.1. The van der Waals surface area contributed by atoms with Crippen LogP contribution in [0.4, 0.5) is 0 Å². The number of amides is 1. The van der Waals surface area contributed by atoms with E-state index in [-0.39, 0.29) is 24.3 Å². The Morgan fingerprint density at radius 3 is 2.37 bits per heavy atom. The molecule has 2 aromatic carbocycles. The van der Waals surface area contributed by atoms with E-state index in [2.05, 4.69) is 17.1 Å². The van der Waals surface area contributed by atoms with Crippen LogP contribution < -0.4 is 16.2 Å². The molecule has 35 heavy (non-hydrogen) atoms. The monoisotopic (exact) mass is 480 g/mol. The summed E-state index contributed by atoms with van der Waals surface area (Å²) in [7, 11) is 0. The van der Waals surface area contributed by atoms with Gasteiger partial charge in [-0.3, -0.25) is 14.6 Å². The number of aliphatic imine (C=N–C) groups is 1.